The van der Waals surface area contributed by atoms with Gasteiger partial charge in [-0.15, -0.1) is 0 Å². The van der Waals surface area contributed by atoms with Gasteiger partial charge in [-0.25, -0.2) is 4.39 Å². The molecule has 31 heavy (non-hydrogen) atoms. The lowest BCUT2D eigenvalue weighted by molar-refractivity contribution is -0.139. The van der Waals surface area contributed by atoms with Crippen molar-refractivity contribution >= 4 is 11.7 Å². The molecule has 2 aliphatic heterocycles. The maximum Gasteiger partial charge on any atom is 0.419 e. The molecule has 0 amide bonds. The Morgan fingerprint density at radius 3 is 2.65 bits per heavy atom. The Hall–Kier alpha value is -3.23. The van der Waals surface area contributed by atoms with Crippen LogP contribution in [0.25, 0.3) is 0 Å². The van der Waals surface area contributed by atoms with Crippen molar-refractivity contribution in [3.8, 4) is 11.5 Å². The molecule has 0 bridgehead atoms. The second kappa shape index (κ2) is 8.13. The van der Waals surface area contributed by atoms with Crippen molar-refractivity contribution in [3.05, 3.63) is 64.4 Å². The molecule has 0 radical (unpaired) electrons. The number of carboxylic acids is 1. The summed E-state index contributed by atoms with van der Waals surface area (Å²) in [4.78, 5) is 13.2. The van der Waals surface area contributed by atoms with E-state index in [1.807, 2.05) is 12.1 Å². The highest BCUT2D eigenvalue weighted by molar-refractivity contribution is 5.74. The molecule has 2 heterocycles. The number of alkyl halides is 4. The fourth-order valence-electron chi connectivity index (χ4n) is 4.05. The third-order valence-corrected chi connectivity index (χ3v) is 5.40. The minimum atomic E-state index is -4.68. The molecular weight excluding hydrogens is 418 g/mol. The van der Waals surface area contributed by atoms with Gasteiger partial charge in [0, 0.05) is 24.4 Å². The average Bonchev–Trinajstić information content (AvgIpc) is 3.25. The summed E-state index contributed by atoms with van der Waals surface area (Å²) in [5.74, 6) is -0.925. The number of aliphatic carboxylic acids is 1. The number of halogens is 4. The summed E-state index contributed by atoms with van der Waals surface area (Å²) in [5, 5.41) is 9.08. The minimum Gasteiger partial charge on any atom is -0.489 e. The van der Waals surface area contributed by atoms with E-state index in [9.17, 15) is 22.4 Å². The number of rotatable bonds is 7. The van der Waals surface area contributed by atoms with E-state index in [2.05, 4.69) is 9.64 Å². The number of hydrogen-bond donors (Lipinski definition) is 1. The molecule has 2 aliphatic rings. The van der Waals surface area contributed by atoms with E-state index in [-0.39, 0.29) is 18.6 Å². The molecule has 2 aromatic rings. The summed E-state index contributed by atoms with van der Waals surface area (Å²) in [6.07, 6.45) is -3.33. The zero-order valence-electron chi connectivity index (χ0n) is 16.3. The summed E-state index contributed by atoms with van der Waals surface area (Å²) < 4.78 is 62.1. The minimum absolute atomic E-state index is 0.0207. The van der Waals surface area contributed by atoms with Crippen molar-refractivity contribution in [3.63, 3.8) is 0 Å². The van der Waals surface area contributed by atoms with Gasteiger partial charge in [0.05, 0.1) is 12.0 Å². The van der Waals surface area contributed by atoms with Crippen LogP contribution in [0.1, 0.15) is 29.5 Å². The number of anilines is 1. The van der Waals surface area contributed by atoms with Crippen LogP contribution in [0.2, 0.25) is 0 Å². The molecule has 0 aromatic heterocycles. The smallest absolute Gasteiger partial charge is 0.419 e. The van der Waals surface area contributed by atoms with Crippen LogP contribution in [0.15, 0.2) is 47.7 Å². The molecule has 0 fully saturated rings. The summed E-state index contributed by atoms with van der Waals surface area (Å²) >= 11 is 0. The second-order valence-electron chi connectivity index (χ2n) is 7.36. The van der Waals surface area contributed by atoms with Gasteiger partial charge in [-0.05, 0) is 53.5 Å². The van der Waals surface area contributed by atoms with Gasteiger partial charge in [0.25, 0.3) is 0 Å². The van der Waals surface area contributed by atoms with E-state index in [1.54, 1.807) is 6.07 Å². The van der Waals surface area contributed by atoms with Crippen LogP contribution in [-0.2, 0) is 24.0 Å². The van der Waals surface area contributed by atoms with Gasteiger partial charge in [-0.2, -0.15) is 13.2 Å². The Kier molecular flexibility index (Phi) is 5.51. The third-order valence-electron chi connectivity index (χ3n) is 5.40. The Labute approximate surface area is 175 Å². The van der Waals surface area contributed by atoms with E-state index in [0.717, 1.165) is 47.6 Å². The van der Waals surface area contributed by atoms with E-state index >= 15 is 0 Å². The normalized spacial score (nSPS) is 15.2. The van der Waals surface area contributed by atoms with Crippen molar-refractivity contribution in [1.82, 2.24) is 0 Å². The second-order valence-corrected chi connectivity index (χ2v) is 7.36. The zero-order chi connectivity index (χ0) is 22.2. The van der Waals surface area contributed by atoms with Crippen molar-refractivity contribution in [2.45, 2.75) is 32.0 Å². The van der Waals surface area contributed by atoms with Gasteiger partial charge in [-0.1, -0.05) is 6.07 Å². The van der Waals surface area contributed by atoms with E-state index < -0.39 is 30.3 Å². The van der Waals surface area contributed by atoms with Gasteiger partial charge in [0.2, 0.25) is 6.86 Å². The number of nitrogens with zero attached hydrogens (tertiary/aromatic N) is 1. The Morgan fingerprint density at radius 1 is 1.13 bits per heavy atom. The molecular formula is C22H19F4NO4. The van der Waals surface area contributed by atoms with Crippen LogP contribution in [0, 0.1) is 0 Å². The first-order chi connectivity index (χ1) is 14.8. The topological polar surface area (TPSA) is 59.0 Å². The van der Waals surface area contributed by atoms with Gasteiger partial charge in [-0.3, -0.25) is 4.79 Å². The third kappa shape index (κ3) is 4.30. The van der Waals surface area contributed by atoms with Crippen LogP contribution >= 0.6 is 0 Å². The number of allylic oxidation sites excluding steroid dienone is 1. The van der Waals surface area contributed by atoms with Crippen LogP contribution in [0.5, 0.6) is 11.5 Å². The summed E-state index contributed by atoms with van der Waals surface area (Å²) in [7, 11) is 0. The maximum absolute atomic E-state index is 13.2. The molecule has 0 saturated carbocycles. The molecule has 2 aromatic carbocycles. The number of benzene rings is 2. The molecule has 0 atom stereocenters. The number of ether oxygens (including phenoxy) is 2. The fourth-order valence-corrected chi connectivity index (χ4v) is 4.05. The molecule has 0 spiro atoms. The van der Waals surface area contributed by atoms with Crippen molar-refractivity contribution in [2.24, 2.45) is 0 Å². The van der Waals surface area contributed by atoms with Crippen LogP contribution in [0.3, 0.4) is 0 Å². The fraction of sp³-hybridized carbons (Fsp3) is 0.318. The highest BCUT2D eigenvalue weighted by atomic mass is 19.4. The lowest BCUT2D eigenvalue weighted by Gasteiger charge is -2.16. The van der Waals surface area contributed by atoms with Crippen molar-refractivity contribution < 1.29 is 36.9 Å². The van der Waals surface area contributed by atoms with E-state index in [4.69, 9.17) is 9.84 Å². The summed E-state index contributed by atoms with van der Waals surface area (Å²) in [6, 6.07) is 8.80. The number of fused-ring (bicyclic) bond motifs is 3. The van der Waals surface area contributed by atoms with Gasteiger partial charge >= 0.3 is 12.1 Å². The monoisotopic (exact) mass is 437 g/mol. The first kappa shape index (κ1) is 21.0. The molecule has 164 valence electrons. The maximum atomic E-state index is 13.2. The number of carbonyl (C=O) groups is 1. The number of carboxylic acid groups (broad SMARTS) is 1. The first-order valence-corrected chi connectivity index (χ1v) is 9.61. The van der Waals surface area contributed by atoms with Crippen molar-refractivity contribution in [1.29, 1.82) is 0 Å². The zero-order valence-corrected chi connectivity index (χ0v) is 16.3. The predicted molar refractivity (Wildman–Crippen MR) is 104 cm³/mol. The molecule has 0 unspecified atom stereocenters. The van der Waals surface area contributed by atoms with E-state index in [1.165, 1.54) is 6.07 Å². The quantitative estimate of drug-likeness (QED) is 0.612. The lowest BCUT2D eigenvalue weighted by Crippen LogP contribution is -2.13. The molecule has 4 rings (SSSR count). The predicted octanol–water partition coefficient (Wildman–Crippen LogP) is 5.09. The SMILES string of the molecule is O=C(O)CC1=C2Cc3cc(OCc4ccc(OCF)c(C(F)(F)F)c4)ccc3N2CC1. The highest BCUT2D eigenvalue weighted by Gasteiger charge is 2.35. The molecule has 1 N–H and O–H groups in total. The van der Waals surface area contributed by atoms with E-state index in [0.29, 0.717) is 12.2 Å². The van der Waals surface area contributed by atoms with Gasteiger partial charge < -0.3 is 19.5 Å². The molecule has 9 heteroatoms. The van der Waals surface area contributed by atoms with Crippen LogP contribution < -0.4 is 14.4 Å². The summed E-state index contributed by atoms with van der Waals surface area (Å²) in [6.45, 7) is -0.719. The molecule has 0 saturated heterocycles. The van der Waals surface area contributed by atoms with Crippen molar-refractivity contribution in [2.75, 3.05) is 18.3 Å². The summed E-state index contributed by atoms with van der Waals surface area (Å²) in [5.41, 5.74) is 3.12. The Balaban J connectivity index is 1.49. The lowest BCUT2D eigenvalue weighted by atomic mass is 10.1. The average molecular weight is 437 g/mol. The largest absolute Gasteiger partial charge is 0.489 e. The van der Waals surface area contributed by atoms with Gasteiger partial charge in [0.15, 0.2) is 0 Å². The Morgan fingerprint density at radius 2 is 1.94 bits per heavy atom. The number of hydrogen-bond acceptors (Lipinski definition) is 4. The Bertz CT molecular complexity index is 1050. The highest BCUT2D eigenvalue weighted by Crippen LogP contribution is 2.43. The molecule has 5 nitrogen and oxygen atoms in total. The van der Waals surface area contributed by atoms with Crippen LogP contribution in [-0.4, -0.2) is 24.5 Å². The van der Waals surface area contributed by atoms with Crippen LogP contribution in [0.4, 0.5) is 23.2 Å². The van der Waals surface area contributed by atoms with Gasteiger partial charge in [0.1, 0.15) is 18.1 Å². The molecule has 0 aliphatic carbocycles. The standard InChI is InChI=1S/C22H19F4NO4/c23-12-31-20-4-1-13(7-17(20)22(24,25)26)11-30-16-2-3-18-15(8-16)9-19-14(10-21(28)29)5-6-27(18)19/h1-4,7-8H,5-6,9-12H2,(H,28,29). The first-order valence-electron chi connectivity index (χ1n) is 9.61.